The molecule has 0 atom stereocenters. The van der Waals surface area contributed by atoms with Crippen LogP contribution in [0.5, 0.6) is 0 Å². The minimum Gasteiger partial charge on any atom is -0.332 e. The van der Waals surface area contributed by atoms with Crippen LogP contribution < -0.4 is 5.32 Å². The first-order valence-corrected chi connectivity index (χ1v) is 12.0. The first-order chi connectivity index (χ1) is 15.9. The highest BCUT2D eigenvalue weighted by Crippen LogP contribution is 2.28. The second kappa shape index (κ2) is 10.4. The van der Waals surface area contributed by atoms with Crippen molar-refractivity contribution in [3.05, 3.63) is 86.8 Å². The van der Waals surface area contributed by atoms with Gasteiger partial charge in [0.2, 0.25) is 5.91 Å². The molecule has 0 bridgehead atoms. The van der Waals surface area contributed by atoms with Crippen LogP contribution in [-0.4, -0.2) is 34.3 Å². The Morgan fingerprint density at radius 3 is 2.36 bits per heavy atom. The van der Waals surface area contributed by atoms with E-state index in [0.717, 1.165) is 28.8 Å². The predicted molar refractivity (Wildman–Crippen MR) is 130 cm³/mol. The van der Waals surface area contributed by atoms with Crippen molar-refractivity contribution in [3.8, 4) is 0 Å². The Kier molecular flexibility index (Phi) is 7.30. The number of carbonyl (C=O) groups is 2. The lowest BCUT2D eigenvalue weighted by atomic mass is 10.2. The van der Waals surface area contributed by atoms with Crippen LogP contribution in [0, 0.1) is 12.7 Å². The molecule has 1 aliphatic carbocycles. The number of nitrogens with zero attached hydrogens (tertiary/aromatic N) is 2. The van der Waals surface area contributed by atoms with Crippen molar-refractivity contribution < 1.29 is 14.0 Å². The maximum absolute atomic E-state index is 13.4. The molecule has 1 heterocycles. The lowest BCUT2D eigenvalue weighted by Crippen LogP contribution is -2.45. The molecule has 2 aromatic carbocycles. The molecule has 1 N–H and O–H groups in total. The van der Waals surface area contributed by atoms with Gasteiger partial charge in [-0.1, -0.05) is 23.7 Å². The number of urea groups is 1. The minimum atomic E-state index is -0.315. The summed E-state index contributed by atoms with van der Waals surface area (Å²) >= 11 is 7.52. The van der Waals surface area contributed by atoms with Crippen molar-refractivity contribution in [3.63, 3.8) is 0 Å². The molecule has 1 fully saturated rings. The fourth-order valence-corrected chi connectivity index (χ4v) is 4.56. The quantitative estimate of drug-likeness (QED) is 0.420. The van der Waals surface area contributed by atoms with Crippen LogP contribution in [-0.2, 0) is 17.9 Å². The molecular weight excluding hydrogens is 461 g/mol. The molecule has 5 nitrogen and oxygen atoms in total. The number of hydrogen-bond donors (Lipinski definition) is 1. The number of amides is 3. The normalized spacial score (nSPS) is 12.9. The van der Waals surface area contributed by atoms with Gasteiger partial charge in [-0.15, -0.1) is 11.3 Å². The molecule has 8 heteroatoms. The molecule has 0 unspecified atom stereocenters. The predicted octanol–water partition coefficient (Wildman–Crippen LogP) is 6.07. The fraction of sp³-hybridized carbons (Fsp3) is 0.280. The van der Waals surface area contributed by atoms with Gasteiger partial charge in [-0.2, -0.15) is 0 Å². The monoisotopic (exact) mass is 485 g/mol. The standard InChI is InChI=1S/C25H25ClFN3O2S/c1-17-12-13-33-23(17)15-29(14-18-2-6-20(27)7-3-18)24(31)16-30(22-10-11-22)25(32)28-21-8-4-19(26)5-9-21/h2-9,12-13,22H,10-11,14-16H2,1H3,(H,28,32). The Hall–Kier alpha value is -2.90. The second-order valence-electron chi connectivity index (χ2n) is 8.20. The van der Waals surface area contributed by atoms with E-state index in [1.807, 2.05) is 18.4 Å². The lowest BCUT2D eigenvalue weighted by Gasteiger charge is -2.28. The van der Waals surface area contributed by atoms with Crippen LogP contribution in [0.3, 0.4) is 0 Å². The summed E-state index contributed by atoms with van der Waals surface area (Å²) in [6.07, 6.45) is 1.76. The summed E-state index contributed by atoms with van der Waals surface area (Å²) < 4.78 is 13.4. The van der Waals surface area contributed by atoms with E-state index < -0.39 is 0 Å². The smallest absolute Gasteiger partial charge is 0.322 e. The van der Waals surface area contributed by atoms with E-state index in [2.05, 4.69) is 5.32 Å². The van der Waals surface area contributed by atoms with Crippen molar-refractivity contribution in [1.29, 1.82) is 0 Å². The molecule has 0 saturated heterocycles. The second-order valence-corrected chi connectivity index (χ2v) is 9.64. The van der Waals surface area contributed by atoms with Crippen LogP contribution in [0.4, 0.5) is 14.9 Å². The van der Waals surface area contributed by atoms with Gasteiger partial charge in [0.05, 0.1) is 6.54 Å². The molecule has 33 heavy (non-hydrogen) atoms. The van der Waals surface area contributed by atoms with Gasteiger partial charge in [0.1, 0.15) is 12.4 Å². The van der Waals surface area contributed by atoms with Gasteiger partial charge >= 0.3 is 6.03 Å². The number of carbonyl (C=O) groups excluding carboxylic acids is 2. The number of benzene rings is 2. The molecule has 1 saturated carbocycles. The maximum atomic E-state index is 13.4. The van der Waals surface area contributed by atoms with Gasteiger partial charge in [-0.05, 0) is 78.7 Å². The van der Waals surface area contributed by atoms with E-state index in [1.54, 1.807) is 57.5 Å². The van der Waals surface area contributed by atoms with E-state index in [0.29, 0.717) is 23.8 Å². The highest BCUT2D eigenvalue weighted by Gasteiger charge is 2.35. The average Bonchev–Trinajstić information content (AvgIpc) is 3.56. The number of halogens is 2. The van der Waals surface area contributed by atoms with Crippen molar-refractivity contribution >= 4 is 40.6 Å². The number of rotatable bonds is 8. The van der Waals surface area contributed by atoms with Gasteiger partial charge in [0.15, 0.2) is 0 Å². The number of thiophene rings is 1. The zero-order valence-electron chi connectivity index (χ0n) is 18.3. The van der Waals surface area contributed by atoms with Crippen LogP contribution in [0.25, 0.3) is 0 Å². The Morgan fingerprint density at radius 1 is 1.06 bits per heavy atom. The number of nitrogens with one attached hydrogen (secondary N) is 1. The van der Waals surface area contributed by atoms with Gasteiger partial charge < -0.3 is 15.1 Å². The van der Waals surface area contributed by atoms with Crippen molar-refractivity contribution in [2.45, 2.75) is 38.9 Å². The zero-order chi connectivity index (χ0) is 23.4. The first-order valence-electron chi connectivity index (χ1n) is 10.8. The summed E-state index contributed by atoms with van der Waals surface area (Å²) in [4.78, 5) is 30.8. The van der Waals surface area contributed by atoms with Crippen molar-refractivity contribution in [2.24, 2.45) is 0 Å². The first kappa shape index (κ1) is 23.3. The SMILES string of the molecule is Cc1ccsc1CN(Cc1ccc(F)cc1)C(=O)CN(C(=O)Nc1ccc(Cl)cc1)C1CC1. The van der Waals surface area contributed by atoms with Crippen LogP contribution in [0.1, 0.15) is 28.8 Å². The Balaban J connectivity index is 1.49. The molecule has 3 aromatic rings. The van der Waals surface area contributed by atoms with Crippen LogP contribution in [0.2, 0.25) is 5.02 Å². The zero-order valence-corrected chi connectivity index (χ0v) is 19.8. The highest BCUT2D eigenvalue weighted by atomic mass is 35.5. The number of hydrogen-bond acceptors (Lipinski definition) is 3. The largest absolute Gasteiger partial charge is 0.332 e. The lowest BCUT2D eigenvalue weighted by molar-refractivity contribution is -0.133. The Labute approximate surface area is 201 Å². The van der Waals surface area contributed by atoms with Crippen molar-refractivity contribution in [1.82, 2.24) is 9.80 Å². The third-order valence-corrected chi connectivity index (χ3v) is 6.85. The number of aryl methyl sites for hydroxylation is 1. The molecule has 1 aromatic heterocycles. The maximum Gasteiger partial charge on any atom is 0.322 e. The van der Waals surface area contributed by atoms with Gasteiger partial charge in [0, 0.05) is 28.2 Å². The average molecular weight is 486 g/mol. The van der Waals surface area contributed by atoms with E-state index in [4.69, 9.17) is 11.6 Å². The van der Waals surface area contributed by atoms with Gasteiger partial charge in [0.25, 0.3) is 0 Å². The third kappa shape index (κ3) is 6.33. The summed E-state index contributed by atoms with van der Waals surface area (Å²) in [7, 11) is 0. The van der Waals surface area contributed by atoms with Crippen LogP contribution >= 0.6 is 22.9 Å². The van der Waals surface area contributed by atoms with Crippen LogP contribution in [0.15, 0.2) is 60.0 Å². The summed E-state index contributed by atoms with van der Waals surface area (Å²) in [6.45, 7) is 2.78. The summed E-state index contributed by atoms with van der Waals surface area (Å²) in [5.74, 6) is -0.463. The number of anilines is 1. The molecule has 1 aliphatic rings. The molecular formula is C25H25ClFN3O2S. The van der Waals surface area contributed by atoms with Gasteiger partial charge in [-0.25, -0.2) is 9.18 Å². The van der Waals surface area contributed by atoms with E-state index >= 15 is 0 Å². The molecule has 0 spiro atoms. The Bertz CT molecular complexity index is 1110. The van der Waals surface area contributed by atoms with Crippen molar-refractivity contribution in [2.75, 3.05) is 11.9 Å². The van der Waals surface area contributed by atoms with Gasteiger partial charge in [-0.3, -0.25) is 4.79 Å². The topological polar surface area (TPSA) is 52.7 Å². The van der Waals surface area contributed by atoms with E-state index in [9.17, 15) is 14.0 Å². The molecule has 4 rings (SSSR count). The molecule has 172 valence electrons. The fourth-order valence-electron chi connectivity index (χ4n) is 3.51. The highest BCUT2D eigenvalue weighted by molar-refractivity contribution is 7.10. The third-order valence-electron chi connectivity index (χ3n) is 5.59. The summed E-state index contributed by atoms with van der Waals surface area (Å²) in [6, 6.07) is 14.8. The van der Waals surface area contributed by atoms with E-state index in [-0.39, 0.29) is 30.3 Å². The summed E-state index contributed by atoms with van der Waals surface area (Å²) in [5, 5.41) is 5.45. The molecule has 3 amide bonds. The molecule has 0 aliphatic heterocycles. The summed E-state index contributed by atoms with van der Waals surface area (Å²) in [5.41, 5.74) is 2.58. The van der Waals surface area contributed by atoms with E-state index in [1.165, 1.54) is 12.1 Å². The molecule has 0 radical (unpaired) electrons. The Morgan fingerprint density at radius 2 is 1.76 bits per heavy atom. The minimum absolute atomic E-state index is 0.0181.